The second-order valence-corrected chi connectivity index (χ2v) is 4.64. The topological polar surface area (TPSA) is 79.5 Å². The Hall–Kier alpha value is -2.04. The number of hydrogen-bond donors (Lipinski definition) is 2. The van der Waals surface area contributed by atoms with Crippen LogP contribution in [0, 0.1) is 0 Å². The van der Waals surface area contributed by atoms with Crippen molar-refractivity contribution >= 4 is 5.78 Å². The Labute approximate surface area is 118 Å². The average Bonchev–Trinajstić information content (AvgIpc) is 2.42. The van der Waals surface area contributed by atoms with Crippen LogP contribution in [-0.2, 0) is 0 Å². The molecule has 110 valence electrons. The highest BCUT2D eigenvalue weighted by Gasteiger charge is 2.19. The molecule has 0 aromatic carbocycles. The van der Waals surface area contributed by atoms with Gasteiger partial charge >= 0.3 is 5.63 Å². The molecule has 0 bridgehead atoms. The number of Topliss-reactive ketones (excluding diaryl/α,β-unsaturated/α-hetero) is 1. The van der Waals surface area contributed by atoms with Gasteiger partial charge in [0.15, 0.2) is 5.78 Å². The molecule has 5 heteroatoms. The zero-order valence-corrected chi connectivity index (χ0v) is 12.1. The monoisotopic (exact) mass is 279 g/mol. The predicted octanol–water partition coefficient (Wildman–Crippen LogP) is 2.55. The van der Waals surface area contributed by atoms with E-state index in [-0.39, 0.29) is 23.7 Å². The van der Waals surface area contributed by atoms with E-state index in [1.165, 1.54) is 6.07 Å². The van der Waals surface area contributed by atoms with Crippen molar-refractivity contribution < 1.29 is 14.3 Å². The van der Waals surface area contributed by atoms with E-state index in [2.05, 4.69) is 5.32 Å². The number of ketones is 1. The summed E-state index contributed by atoms with van der Waals surface area (Å²) < 4.78 is 5.15. The highest BCUT2D eigenvalue weighted by atomic mass is 16.4. The summed E-state index contributed by atoms with van der Waals surface area (Å²) in [6, 6.07) is 1.37. The molecule has 0 aliphatic heterocycles. The third-order valence-electron chi connectivity index (χ3n) is 3.09. The summed E-state index contributed by atoms with van der Waals surface area (Å²) in [6.45, 7) is 3.54. The van der Waals surface area contributed by atoms with Crippen LogP contribution in [-0.4, -0.2) is 17.9 Å². The highest BCUT2D eigenvalue weighted by molar-refractivity contribution is 5.97. The number of allylic oxidation sites excluding steroid dienone is 1. The van der Waals surface area contributed by atoms with Crippen molar-refractivity contribution in [2.24, 2.45) is 0 Å². The highest BCUT2D eigenvalue weighted by Crippen LogP contribution is 2.25. The molecular weight excluding hydrogens is 258 g/mol. The minimum absolute atomic E-state index is 0.0131. The van der Waals surface area contributed by atoms with Gasteiger partial charge in [0.2, 0.25) is 0 Å². The fourth-order valence-corrected chi connectivity index (χ4v) is 1.86. The van der Waals surface area contributed by atoms with E-state index in [1.807, 2.05) is 26.2 Å². The lowest BCUT2D eigenvalue weighted by molar-refractivity contribution is 0.0980. The lowest BCUT2D eigenvalue weighted by Crippen LogP contribution is -2.15. The number of carbonyl (C=O) groups excluding carboxylic acids is 1. The molecule has 0 amide bonds. The number of nitrogens with one attached hydrogen (secondary N) is 1. The SMILES string of the molecule is CCC(=O)c1c(O)cc(C(C)CC/C=C/NC)oc1=O. The molecule has 2 N–H and O–H groups in total. The van der Waals surface area contributed by atoms with Gasteiger partial charge in [0, 0.05) is 25.5 Å². The Kier molecular flexibility index (Phi) is 6.03. The Morgan fingerprint density at radius 1 is 1.55 bits per heavy atom. The van der Waals surface area contributed by atoms with Gasteiger partial charge in [-0.05, 0) is 19.0 Å². The first-order valence-electron chi connectivity index (χ1n) is 6.73. The molecule has 0 saturated carbocycles. The van der Waals surface area contributed by atoms with E-state index in [0.717, 1.165) is 12.8 Å². The summed E-state index contributed by atoms with van der Waals surface area (Å²) in [5, 5.41) is 12.7. The molecule has 1 rings (SSSR count). The van der Waals surface area contributed by atoms with Crippen LogP contribution >= 0.6 is 0 Å². The van der Waals surface area contributed by atoms with E-state index in [4.69, 9.17) is 4.42 Å². The summed E-state index contributed by atoms with van der Waals surface area (Å²) >= 11 is 0. The summed E-state index contributed by atoms with van der Waals surface area (Å²) in [5.74, 6) is -0.313. The molecule has 1 heterocycles. The van der Waals surface area contributed by atoms with Crippen molar-refractivity contribution in [3.63, 3.8) is 0 Å². The Morgan fingerprint density at radius 3 is 2.80 bits per heavy atom. The molecule has 5 nitrogen and oxygen atoms in total. The molecule has 20 heavy (non-hydrogen) atoms. The van der Waals surface area contributed by atoms with Crippen molar-refractivity contribution in [2.45, 2.75) is 39.0 Å². The zero-order chi connectivity index (χ0) is 15.1. The van der Waals surface area contributed by atoms with Gasteiger partial charge < -0.3 is 14.8 Å². The second kappa shape index (κ2) is 7.53. The number of rotatable bonds is 7. The maximum Gasteiger partial charge on any atom is 0.350 e. The molecule has 0 radical (unpaired) electrons. The smallest absolute Gasteiger partial charge is 0.350 e. The van der Waals surface area contributed by atoms with Gasteiger partial charge in [-0.15, -0.1) is 0 Å². The first-order valence-corrected chi connectivity index (χ1v) is 6.73. The fourth-order valence-electron chi connectivity index (χ4n) is 1.86. The van der Waals surface area contributed by atoms with Crippen LogP contribution in [0.3, 0.4) is 0 Å². The lowest BCUT2D eigenvalue weighted by Gasteiger charge is -2.10. The molecule has 0 spiro atoms. The first kappa shape index (κ1) is 16.0. The lowest BCUT2D eigenvalue weighted by atomic mass is 10.0. The van der Waals surface area contributed by atoms with Crippen LogP contribution < -0.4 is 10.9 Å². The number of aromatic hydroxyl groups is 1. The molecule has 1 aromatic rings. The van der Waals surface area contributed by atoms with Crippen molar-refractivity contribution in [3.8, 4) is 5.75 Å². The predicted molar refractivity (Wildman–Crippen MR) is 77.1 cm³/mol. The van der Waals surface area contributed by atoms with Gasteiger partial charge in [0.1, 0.15) is 17.1 Å². The van der Waals surface area contributed by atoms with Crippen LogP contribution in [0.2, 0.25) is 0 Å². The fraction of sp³-hybridized carbons (Fsp3) is 0.467. The van der Waals surface area contributed by atoms with Crippen LogP contribution in [0.15, 0.2) is 27.6 Å². The van der Waals surface area contributed by atoms with E-state index in [1.54, 1.807) is 6.92 Å². The van der Waals surface area contributed by atoms with E-state index < -0.39 is 11.4 Å². The first-order chi connectivity index (χ1) is 9.51. The summed E-state index contributed by atoms with van der Waals surface area (Å²) in [7, 11) is 1.82. The molecule has 0 fully saturated rings. The minimum atomic E-state index is -0.760. The third-order valence-corrected chi connectivity index (χ3v) is 3.09. The van der Waals surface area contributed by atoms with Crippen molar-refractivity contribution in [1.29, 1.82) is 0 Å². The van der Waals surface area contributed by atoms with Gasteiger partial charge in [-0.3, -0.25) is 4.79 Å². The Balaban J connectivity index is 2.90. The summed E-state index contributed by atoms with van der Waals surface area (Å²) in [6.07, 6.45) is 5.57. The largest absolute Gasteiger partial charge is 0.507 e. The summed E-state index contributed by atoms with van der Waals surface area (Å²) in [4.78, 5) is 23.3. The van der Waals surface area contributed by atoms with Gasteiger partial charge in [-0.1, -0.05) is 19.9 Å². The molecule has 1 atom stereocenters. The van der Waals surface area contributed by atoms with Gasteiger partial charge in [0.25, 0.3) is 0 Å². The van der Waals surface area contributed by atoms with Crippen molar-refractivity contribution in [3.05, 3.63) is 40.1 Å². The standard InChI is InChI=1S/C15H21NO4/c1-4-11(17)14-12(18)9-13(20-15(14)19)10(2)7-5-6-8-16-3/h6,8-10,16,18H,4-5,7H2,1-3H3/b8-6+. The van der Waals surface area contributed by atoms with E-state index in [0.29, 0.717) is 5.76 Å². The summed E-state index contributed by atoms with van der Waals surface area (Å²) in [5.41, 5.74) is -1.01. The molecular formula is C15H21NO4. The quantitative estimate of drug-likeness (QED) is 0.750. The molecule has 0 aliphatic rings. The Bertz CT molecular complexity index is 545. The van der Waals surface area contributed by atoms with Gasteiger partial charge in [-0.2, -0.15) is 0 Å². The van der Waals surface area contributed by atoms with Crippen LogP contribution in [0.4, 0.5) is 0 Å². The normalized spacial score (nSPS) is 12.6. The molecule has 1 aromatic heterocycles. The van der Waals surface area contributed by atoms with Crippen molar-refractivity contribution in [1.82, 2.24) is 5.32 Å². The van der Waals surface area contributed by atoms with Gasteiger partial charge in [0.05, 0.1) is 0 Å². The zero-order valence-electron chi connectivity index (χ0n) is 12.1. The minimum Gasteiger partial charge on any atom is -0.507 e. The van der Waals surface area contributed by atoms with Crippen LogP contribution in [0.25, 0.3) is 0 Å². The van der Waals surface area contributed by atoms with Crippen LogP contribution in [0.5, 0.6) is 5.75 Å². The van der Waals surface area contributed by atoms with Gasteiger partial charge in [-0.25, -0.2) is 4.79 Å². The maximum atomic E-state index is 11.8. The molecule has 1 unspecified atom stereocenters. The maximum absolute atomic E-state index is 11.8. The molecule has 0 saturated heterocycles. The van der Waals surface area contributed by atoms with Crippen molar-refractivity contribution in [2.75, 3.05) is 7.05 Å². The number of hydrogen-bond acceptors (Lipinski definition) is 5. The third kappa shape index (κ3) is 3.98. The molecule has 0 aliphatic carbocycles. The van der Waals surface area contributed by atoms with Crippen LogP contribution in [0.1, 0.15) is 55.1 Å². The Morgan fingerprint density at radius 2 is 2.25 bits per heavy atom. The van der Waals surface area contributed by atoms with E-state index >= 15 is 0 Å². The number of carbonyl (C=O) groups is 1. The van der Waals surface area contributed by atoms with E-state index in [9.17, 15) is 14.7 Å². The second-order valence-electron chi connectivity index (χ2n) is 4.64. The average molecular weight is 279 g/mol.